The summed E-state index contributed by atoms with van der Waals surface area (Å²) in [6, 6.07) is 21.1. The van der Waals surface area contributed by atoms with Crippen molar-refractivity contribution in [2.45, 2.75) is 25.9 Å². The lowest BCUT2D eigenvalue weighted by molar-refractivity contribution is 0.0890. The van der Waals surface area contributed by atoms with E-state index in [1.54, 1.807) is 28.4 Å². The molecule has 0 aliphatic carbocycles. The van der Waals surface area contributed by atoms with Crippen LogP contribution in [0.25, 0.3) is 0 Å². The van der Waals surface area contributed by atoms with Gasteiger partial charge in [0.15, 0.2) is 23.0 Å². The molecule has 39 heavy (non-hydrogen) atoms. The third-order valence-electron chi connectivity index (χ3n) is 6.11. The first kappa shape index (κ1) is 27.3. The van der Waals surface area contributed by atoms with Crippen LogP contribution in [0.1, 0.15) is 27.9 Å². The first-order chi connectivity index (χ1) is 19.0. The van der Waals surface area contributed by atoms with Gasteiger partial charge in [-0.15, -0.1) is 5.10 Å². The van der Waals surface area contributed by atoms with Crippen LogP contribution >= 0.6 is 0 Å². The van der Waals surface area contributed by atoms with E-state index >= 15 is 0 Å². The number of hydrogen-bond donors (Lipinski definition) is 2. The maximum Gasteiger partial charge on any atom is 0.250 e. The molecule has 0 fully saturated rings. The van der Waals surface area contributed by atoms with Crippen LogP contribution < -0.4 is 29.6 Å². The number of hydrogen-bond acceptors (Lipinski definition) is 9. The molecule has 0 aliphatic rings. The fraction of sp³-hybridized carbons (Fsp3) is 0.276. The Hall–Kier alpha value is -4.73. The third kappa shape index (κ3) is 6.98. The Kier molecular flexibility index (Phi) is 9.23. The predicted molar refractivity (Wildman–Crippen MR) is 149 cm³/mol. The Balaban J connectivity index is 1.51. The lowest BCUT2D eigenvalue weighted by Gasteiger charge is -2.11. The number of aromatic nitrogens is 3. The number of methoxy groups -OCH3 is 4. The summed E-state index contributed by atoms with van der Waals surface area (Å²) in [5.41, 5.74) is 2.95. The van der Waals surface area contributed by atoms with E-state index in [1.807, 2.05) is 66.7 Å². The Morgan fingerprint density at radius 2 is 1.28 bits per heavy atom. The molecule has 0 spiro atoms. The molecule has 0 unspecified atom stereocenters. The average molecular weight is 532 g/mol. The van der Waals surface area contributed by atoms with Gasteiger partial charge in [-0.3, -0.25) is 4.79 Å². The molecule has 204 valence electrons. The van der Waals surface area contributed by atoms with Crippen LogP contribution in [-0.2, 0) is 19.5 Å². The van der Waals surface area contributed by atoms with Crippen LogP contribution in [-0.4, -0.2) is 49.1 Å². The molecular weight excluding hydrogens is 498 g/mol. The number of rotatable bonds is 13. The Morgan fingerprint density at radius 1 is 0.718 bits per heavy atom. The lowest BCUT2D eigenvalue weighted by atomic mass is 10.1. The van der Waals surface area contributed by atoms with Crippen molar-refractivity contribution >= 4 is 17.8 Å². The molecule has 0 saturated heterocycles. The van der Waals surface area contributed by atoms with Gasteiger partial charge in [-0.2, -0.15) is 9.67 Å². The summed E-state index contributed by atoms with van der Waals surface area (Å²) in [4.78, 5) is 17.8. The van der Waals surface area contributed by atoms with Crippen LogP contribution in [0.15, 0.2) is 66.7 Å². The Bertz CT molecular complexity index is 1390. The monoisotopic (exact) mass is 531 g/mol. The van der Waals surface area contributed by atoms with E-state index in [-0.39, 0.29) is 12.3 Å². The normalized spacial score (nSPS) is 10.6. The number of ether oxygens (including phenoxy) is 4. The molecule has 4 rings (SSSR count). The molecule has 0 amide bonds. The Morgan fingerprint density at radius 3 is 1.85 bits per heavy atom. The summed E-state index contributed by atoms with van der Waals surface area (Å²) in [6.45, 7) is 0.831. The third-order valence-corrected chi connectivity index (χ3v) is 6.11. The largest absolute Gasteiger partial charge is 0.493 e. The van der Waals surface area contributed by atoms with E-state index < -0.39 is 0 Å². The second-order valence-corrected chi connectivity index (χ2v) is 8.64. The van der Waals surface area contributed by atoms with Crippen LogP contribution in [0.4, 0.5) is 11.9 Å². The van der Waals surface area contributed by atoms with E-state index in [9.17, 15) is 4.79 Å². The summed E-state index contributed by atoms with van der Waals surface area (Å²) < 4.78 is 22.8. The van der Waals surface area contributed by atoms with E-state index in [0.717, 1.165) is 16.7 Å². The van der Waals surface area contributed by atoms with Crippen molar-refractivity contribution in [3.8, 4) is 23.0 Å². The van der Waals surface area contributed by atoms with Gasteiger partial charge in [0, 0.05) is 19.5 Å². The molecule has 0 bridgehead atoms. The number of carbonyl (C=O) groups excluding carboxylic acids is 1. The summed E-state index contributed by atoms with van der Waals surface area (Å²) in [6.07, 6.45) is 0.886. The maximum atomic E-state index is 13.2. The zero-order valence-corrected chi connectivity index (χ0v) is 22.6. The van der Waals surface area contributed by atoms with Gasteiger partial charge in [-0.25, -0.2) is 0 Å². The quantitative estimate of drug-likeness (QED) is 0.251. The molecule has 10 heteroatoms. The molecule has 3 aromatic carbocycles. The van der Waals surface area contributed by atoms with Gasteiger partial charge in [0.2, 0.25) is 17.8 Å². The highest BCUT2D eigenvalue weighted by molar-refractivity contribution is 5.81. The predicted octanol–water partition coefficient (Wildman–Crippen LogP) is 4.81. The van der Waals surface area contributed by atoms with Gasteiger partial charge in [0.25, 0.3) is 0 Å². The van der Waals surface area contributed by atoms with Crippen LogP contribution in [0, 0.1) is 0 Å². The molecular formula is C29H33N5O5. The van der Waals surface area contributed by atoms with Crippen LogP contribution in [0.5, 0.6) is 23.0 Å². The fourth-order valence-electron chi connectivity index (χ4n) is 4.02. The Labute approximate surface area is 227 Å². The van der Waals surface area contributed by atoms with E-state index in [0.29, 0.717) is 54.4 Å². The maximum absolute atomic E-state index is 13.2. The second kappa shape index (κ2) is 13.2. The number of nitrogens with zero attached hydrogens (tertiary/aromatic N) is 3. The smallest absolute Gasteiger partial charge is 0.250 e. The van der Waals surface area contributed by atoms with Crippen molar-refractivity contribution < 1.29 is 23.7 Å². The van der Waals surface area contributed by atoms with Crippen molar-refractivity contribution in [2.24, 2.45) is 0 Å². The number of nitrogens with one attached hydrogen (secondary N) is 2. The fourth-order valence-corrected chi connectivity index (χ4v) is 4.02. The average Bonchev–Trinajstić information content (AvgIpc) is 3.41. The van der Waals surface area contributed by atoms with Gasteiger partial charge in [0.1, 0.15) is 0 Å². The summed E-state index contributed by atoms with van der Waals surface area (Å²) in [7, 11) is 6.37. The zero-order valence-electron chi connectivity index (χ0n) is 22.6. The minimum atomic E-state index is -0.166. The SMILES string of the molecule is COc1ccc(CNc2nc(NCc3ccc(OC)c(OC)c3)n(C(=O)CCc3ccccc3)n2)cc1OC. The van der Waals surface area contributed by atoms with Gasteiger partial charge in [-0.05, 0) is 47.4 Å². The van der Waals surface area contributed by atoms with Gasteiger partial charge >= 0.3 is 0 Å². The zero-order chi connectivity index (χ0) is 27.6. The lowest BCUT2D eigenvalue weighted by Crippen LogP contribution is -2.17. The molecule has 0 saturated carbocycles. The molecule has 1 aromatic heterocycles. The summed E-state index contributed by atoms with van der Waals surface area (Å²) >= 11 is 0. The van der Waals surface area contributed by atoms with E-state index in [4.69, 9.17) is 18.9 Å². The number of aryl methyl sites for hydroxylation is 1. The molecule has 0 aliphatic heterocycles. The molecule has 4 aromatic rings. The molecule has 2 N–H and O–H groups in total. The van der Waals surface area contributed by atoms with Gasteiger partial charge in [-0.1, -0.05) is 42.5 Å². The molecule has 0 radical (unpaired) electrons. The number of anilines is 2. The highest BCUT2D eigenvalue weighted by Gasteiger charge is 2.17. The molecule has 0 atom stereocenters. The van der Waals surface area contributed by atoms with Crippen molar-refractivity contribution in [1.82, 2.24) is 14.8 Å². The van der Waals surface area contributed by atoms with Gasteiger partial charge in [0.05, 0.1) is 28.4 Å². The molecule has 10 nitrogen and oxygen atoms in total. The second-order valence-electron chi connectivity index (χ2n) is 8.64. The van der Waals surface area contributed by atoms with Crippen molar-refractivity contribution in [3.05, 3.63) is 83.4 Å². The van der Waals surface area contributed by atoms with Crippen LogP contribution in [0.2, 0.25) is 0 Å². The topological polar surface area (TPSA) is 109 Å². The van der Waals surface area contributed by atoms with Gasteiger partial charge < -0.3 is 29.6 Å². The highest BCUT2D eigenvalue weighted by Crippen LogP contribution is 2.29. The summed E-state index contributed by atoms with van der Waals surface area (Å²) in [5, 5.41) is 10.9. The first-order valence-electron chi connectivity index (χ1n) is 12.5. The van der Waals surface area contributed by atoms with Crippen LogP contribution in [0.3, 0.4) is 0 Å². The van der Waals surface area contributed by atoms with Crippen molar-refractivity contribution in [1.29, 1.82) is 0 Å². The van der Waals surface area contributed by atoms with Crippen molar-refractivity contribution in [2.75, 3.05) is 39.1 Å². The van der Waals surface area contributed by atoms with E-state index in [2.05, 4.69) is 20.7 Å². The number of carbonyl (C=O) groups is 1. The summed E-state index contributed by atoms with van der Waals surface area (Å²) in [5.74, 6) is 3.04. The minimum absolute atomic E-state index is 0.166. The van der Waals surface area contributed by atoms with Crippen molar-refractivity contribution in [3.63, 3.8) is 0 Å². The minimum Gasteiger partial charge on any atom is -0.493 e. The highest BCUT2D eigenvalue weighted by atomic mass is 16.5. The standard InChI is InChI=1S/C29H33N5O5/c1-36-23-13-10-21(16-25(23)38-3)18-30-28-32-29(31-19-22-11-14-24(37-2)26(17-22)39-4)34(33-28)27(35)15-12-20-8-6-5-7-9-20/h5-11,13-14,16-17H,12,15,18-19H2,1-4H3,(H2,30,31,32,33). The molecule has 1 heterocycles. The van der Waals surface area contributed by atoms with E-state index in [1.165, 1.54) is 4.68 Å². The number of benzene rings is 3. The first-order valence-corrected chi connectivity index (χ1v) is 12.5.